The number of aromatic nitrogens is 2. The number of carbonyl (C=O) groups is 1. The molecule has 5 heteroatoms. The number of ether oxygens (including phenoxy) is 1. The SMILES string of the molecule is Cc1c(CCNC(C)(C)c2cn[nH]c2)ccc2c1COC2=O. The summed E-state index contributed by atoms with van der Waals surface area (Å²) in [4.78, 5) is 11.6. The van der Waals surface area contributed by atoms with Crippen LogP contribution < -0.4 is 5.32 Å². The molecular weight excluding hydrogens is 278 g/mol. The number of cyclic esters (lactones) is 1. The number of fused-ring (bicyclic) bond motifs is 1. The normalized spacial score (nSPS) is 14.0. The van der Waals surface area contributed by atoms with Crippen molar-refractivity contribution in [3.8, 4) is 0 Å². The third-order valence-corrected chi connectivity index (χ3v) is 4.46. The van der Waals surface area contributed by atoms with Crippen LogP contribution in [0.15, 0.2) is 24.5 Å². The highest BCUT2D eigenvalue weighted by molar-refractivity contribution is 5.93. The lowest BCUT2D eigenvalue weighted by atomic mass is 9.95. The second-order valence-corrected chi connectivity index (χ2v) is 6.24. The van der Waals surface area contributed by atoms with Crippen LogP contribution in [0.4, 0.5) is 0 Å². The first-order valence-electron chi connectivity index (χ1n) is 7.52. The summed E-state index contributed by atoms with van der Waals surface area (Å²) >= 11 is 0. The maximum Gasteiger partial charge on any atom is 0.338 e. The average Bonchev–Trinajstić information content (AvgIpc) is 3.12. The first-order valence-corrected chi connectivity index (χ1v) is 7.52. The summed E-state index contributed by atoms with van der Waals surface area (Å²) in [5.74, 6) is -0.205. The molecule has 1 aromatic carbocycles. The summed E-state index contributed by atoms with van der Waals surface area (Å²) in [6, 6.07) is 3.92. The number of aromatic amines is 1. The van der Waals surface area contributed by atoms with Crippen molar-refractivity contribution in [3.05, 3.63) is 52.3 Å². The van der Waals surface area contributed by atoms with Gasteiger partial charge in [0.2, 0.25) is 0 Å². The van der Waals surface area contributed by atoms with E-state index in [1.165, 1.54) is 11.1 Å². The molecule has 0 spiro atoms. The lowest BCUT2D eigenvalue weighted by Crippen LogP contribution is -2.37. The maximum atomic E-state index is 11.6. The van der Waals surface area contributed by atoms with Crippen LogP contribution in [0.1, 0.15) is 46.5 Å². The number of carbonyl (C=O) groups excluding carboxylic acids is 1. The van der Waals surface area contributed by atoms with Gasteiger partial charge in [-0.05, 0) is 50.9 Å². The topological polar surface area (TPSA) is 67.0 Å². The van der Waals surface area contributed by atoms with E-state index in [1.54, 1.807) is 0 Å². The summed E-state index contributed by atoms with van der Waals surface area (Å²) in [6.45, 7) is 7.60. The number of hydrogen-bond acceptors (Lipinski definition) is 4. The van der Waals surface area contributed by atoms with Gasteiger partial charge in [-0.15, -0.1) is 0 Å². The van der Waals surface area contributed by atoms with E-state index in [0.29, 0.717) is 12.2 Å². The van der Waals surface area contributed by atoms with Gasteiger partial charge in [-0.3, -0.25) is 5.10 Å². The smallest absolute Gasteiger partial charge is 0.338 e. The van der Waals surface area contributed by atoms with Crippen molar-refractivity contribution in [2.24, 2.45) is 0 Å². The molecule has 2 heterocycles. The molecule has 0 unspecified atom stereocenters. The molecule has 0 atom stereocenters. The first-order chi connectivity index (χ1) is 10.5. The molecule has 116 valence electrons. The van der Waals surface area contributed by atoms with E-state index in [0.717, 1.165) is 24.1 Å². The van der Waals surface area contributed by atoms with Gasteiger partial charge >= 0.3 is 5.97 Å². The van der Waals surface area contributed by atoms with E-state index >= 15 is 0 Å². The highest BCUT2D eigenvalue weighted by atomic mass is 16.5. The Bertz CT molecular complexity index is 690. The minimum absolute atomic E-state index is 0.128. The van der Waals surface area contributed by atoms with Crippen molar-refractivity contribution in [2.45, 2.75) is 39.3 Å². The maximum absolute atomic E-state index is 11.6. The zero-order valence-corrected chi connectivity index (χ0v) is 13.2. The molecule has 5 nitrogen and oxygen atoms in total. The Hall–Kier alpha value is -2.14. The second kappa shape index (κ2) is 5.57. The molecule has 0 saturated carbocycles. The molecule has 1 aliphatic rings. The predicted octanol–water partition coefficient (Wildman–Crippen LogP) is 2.46. The van der Waals surface area contributed by atoms with Crippen molar-refractivity contribution in [1.82, 2.24) is 15.5 Å². The van der Waals surface area contributed by atoms with Gasteiger partial charge in [0.05, 0.1) is 11.8 Å². The van der Waals surface area contributed by atoms with Gasteiger partial charge in [0.1, 0.15) is 6.61 Å². The van der Waals surface area contributed by atoms with Gasteiger partial charge in [0.25, 0.3) is 0 Å². The quantitative estimate of drug-likeness (QED) is 0.832. The lowest BCUT2D eigenvalue weighted by Gasteiger charge is -2.25. The summed E-state index contributed by atoms with van der Waals surface area (Å²) in [5.41, 5.74) is 5.19. The van der Waals surface area contributed by atoms with Crippen LogP contribution in [0.2, 0.25) is 0 Å². The fourth-order valence-corrected chi connectivity index (χ4v) is 2.87. The zero-order valence-electron chi connectivity index (χ0n) is 13.2. The summed E-state index contributed by atoms with van der Waals surface area (Å²) in [6.07, 6.45) is 4.67. The van der Waals surface area contributed by atoms with Crippen LogP contribution in [0, 0.1) is 6.92 Å². The molecule has 0 fully saturated rings. The molecule has 1 aliphatic heterocycles. The Balaban J connectivity index is 1.67. The minimum Gasteiger partial charge on any atom is -0.457 e. The van der Waals surface area contributed by atoms with Crippen molar-refractivity contribution in [3.63, 3.8) is 0 Å². The summed E-state index contributed by atoms with van der Waals surface area (Å²) in [7, 11) is 0. The molecule has 0 radical (unpaired) electrons. The van der Waals surface area contributed by atoms with Crippen LogP contribution in [0.25, 0.3) is 0 Å². The van der Waals surface area contributed by atoms with Crippen molar-refractivity contribution in [1.29, 1.82) is 0 Å². The highest BCUT2D eigenvalue weighted by Crippen LogP contribution is 2.26. The molecule has 0 aliphatic carbocycles. The second-order valence-electron chi connectivity index (χ2n) is 6.24. The van der Waals surface area contributed by atoms with E-state index in [9.17, 15) is 4.79 Å². The average molecular weight is 299 g/mol. The molecule has 0 saturated heterocycles. The summed E-state index contributed by atoms with van der Waals surface area (Å²) in [5, 5.41) is 10.4. The summed E-state index contributed by atoms with van der Waals surface area (Å²) < 4.78 is 5.10. The van der Waals surface area contributed by atoms with Crippen molar-refractivity contribution >= 4 is 5.97 Å². The van der Waals surface area contributed by atoms with Crippen LogP contribution >= 0.6 is 0 Å². The van der Waals surface area contributed by atoms with Gasteiger partial charge in [0.15, 0.2) is 0 Å². The molecule has 0 bridgehead atoms. The zero-order chi connectivity index (χ0) is 15.7. The van der Waals surface area contributed by atoms with Crippen LogP contribution in [-0.4, -0.2) is 22.7 Å². The van der Waals surface area contributed by atoms with E-state index in [-0.39, 0.29) is 11.5 Å². The van der Waals surface area contributed by atoms with E-state index < -0.39 is 0 Å². The molecule has 3 rings (SSSR count). The van der Waals surface area contributed by atoms with E-state index in [4.69, 9.17) is 4.74 Å². The molecule has 22 heavy (non-hydrogen) atoms. The van der Waals surface area contributed by atoms with Crippen LogP contribution in [0.3, 0.4) is 0 Å². The number of benzene rings is 1. The number of nitrogens with zero attached hydrogens (tertiary/aromatic N) is 1. The van der Waals surface area contributed by atoms with E-state index in [1.807, 2.05) is 24.5 Å². The fourth-order valence-electron chi connectivity index (χ4n) is 2.87. The largest absolute Gasteiger partial charge is 0.457 e. The third-order valence-electron chi connectivity index (χ3n) is 4.46. The van der Waals surface area contributed by atoms with Crippen LogP contribution in [-0.2, 0) is 23.3 Å². The molecule has 2 N–H and O–H groups in total. The Kier molecular flexibility index (Phi) is 3.74. The van der Waals surface area contributed by atoms with Gasteiger partial charge in [0, 0.05) is 22.9 Å². The monoisotopic (exact) mass is 299 g/mol. The van der Waals surface area contributed by atoms with Gasteiger partial charge in [-0.1, -0.05) is 6.07 Å². The number of hydrogen-bond donors (Lipinski definition) is 2. The fraction of sp³-hybridized carbons (Fsp3) is 0.412. The Morgan fingerprint density at radius 1 is 1.41 bits per heavy atom. The van der Waals surface area contributed by atoms with E-state index in [2.05, 4.69) is 36.3 Å². The standard InChI is InChI=1S/C17H21N3O2/c1-11-12(4-5-14-15(11)10-22-16(14)21)6-7-18-17(2,3)13-8-19-20-9-13/h4-5,8-9,18H,6-7,10H2,1-3H3,(H,19,20). The first kappa shape index (κ1) is 14.8. The van der Waals surface area contributed by atoms with Crippen molar-refractivity contribution in [2.75, 3.05) is 6.54 Å². The lowest BCUT2D eigenvalue weighted by molar-refractivity contribution is 0.0535. The minimum atomic E-state index is -0.205. The third kappa shape index (κ3) is 2.64. The molecular formula is C17H21N3O2. The van der Waals surface area contributed by atoms with Gasteiger partial charge in [-0.2, -0.15) is 5.10 Å². The van der Waals surface area contributed by atoms with Gasteiger partial charge in [-0.25, -0.2) is 4.79 Å². The van der Waals surface area contributed by atoms with Crippen molar-refractivity contribution < 1.29 is 9.53 Å². The molecule has 2 aromatic rings. The Morgan fingerprint density at radius 2 is 2.23 bits per heavy atom. The Labute approximate surface area is 130 Å². The van der Waals surface area contributed by atoms with Gasteiger partial charge < -0.3 is 10.1 Å². The number of rotatable bonds is 5. The van der Waals surface area contributed by atoms with Crippen LogP contribution in [0.5, 0.6) is 0 Å². The Morgan fingerprint density at radius 3 is 2.95 bits per heavy atom. The highest BCUT2D eigenvalue weighted by Gasteiger charge is 2.24. The molecule has 1 aromatic heterocycles. The molecule has 0 amide bonds. The number of esters is 1. The number of nitrogens with one attached hydrogen (secondary N) is 2. The number of H-pyrrole nitrogens is 1. The predicted molar refractivity (Wildman–Crippen MR) is 83.6 cm³/mol.